The Labute approximate surface area is 116 Å². The minimum Gasteiger partial charge on any atom is -0.463 e. The molecule has 0 bridgehead atoms. The number of hydrogen-bond donors (Lipinski definition) is 1. The number of rotatable bonds is 4. The number of methoxy groups -OCH3 is 1. The first-order valence-electron chi connectivity index (χ1n) is 5.78. The summed E-state index contributed by atoms with van der Waals surface area (Å²) in [4.78, 5) is 11.3. The summed E-state index contributed by atoms with van der Waals surface area (Å²) in [5.74, 6) is 0.198. The first-order chi connectivity index (χ1) is 9.10. The van der Waals surface area contributed by atoms with Crippen molar-refractivity contribution in [3.63, 3.8) is 0 Å². The molecule has 100 valence electrons. The van der Waals surface area contributed by atoms with Crippen LogP contribution < -0.4 is 5.73 Å². The smallest absolute Gasteiger partial charge is 0.373 e. The van der Waals surface area contributed by atoms with E-state index < -0.39 is 5.97 Å². The van der Waals surface area contributed by atoms with Crippen LogP contribution in [0.5, 0.6) is 0 Å². The monoisotopic (exact) mass is 279 g/mol. The Kier molecular flexibility index (Phi) is 4.24. The lowest BCUT2D eigenvalue weighted by Crippen LogP contribution is -2.12. The molecule has 0 fully saturated rings. The average Bonchev–Trinajstić information content (AvgIpc) is 2.90. The quantitative estimate of drug-likeness (QED) is 0.874. The summed E-state index contributed by atoms with van der Waals surface area (Å²) in [5.41, 5.74) is 7.09. The van der Waals surface area contributed by atoms with E-state index in [9.17, 15) is 4.79 Å². The van der Waals surface area contributed by atoms with Gasteiger partial charge in [-0.2, -0.15) is 0 Å². The van der Waals surface area contributed by atoms with Crippen molar-refractivity contribution in [3.05, 3.63) is 58.5 Å². The third kappa shape index (κ3) is 3.36. The predicted molar refractivity (Wildman–Crippen MR) is 72.1 cm³/mol. The Morgan fingerprint density at radius 2 is 2.00 bits per heavy atom. The van der Waals surface area contributed by atoms with E-state index in [2.05, 4.69) is 4.74 Å². The van der Waals surface area contributed by atoms with Crippen LogP contribution in [0.25, 0.3) is 0 Å². The van der Waals surface area contributed by atoms with E-state index in [0.29, 0.717) is 17.2 Å². The molecular weight excluding hydrogens is 266 g/mol. The second-order valence-electron chi connectivity index (χ2n) is 4.13. The second kappa shape index (κ2) is 5.91. The molecule has 1 unspecified atom stereocenters. The molecule has 5 heteroatoms. The number of nitrogens with two attached hydrogens (primary N) is 1. The van der Waals surface area contributed by atoms with Crippen LogP contribution >= 0.6 is 11.6 Å². The van der Waals surface area contributed by atoms with E-state index in [0.717, 1.165) is 5.56 Å². The summed E-state index contributed by atoms with van der Waals surface area (Å²) in [6, 6.07) is 10.4. The highest BCUT2D eigenvalue weighted by Gasteiger charge is 2.16. The fourth-order valence-corrected chi connectivity index (χ4v) is 1.86. The molecule has 1 heterocycles. The van der Waals surface area contributed by atoms with Crippen molar-refractivity contribution in [1.29, 1.82) is 0 Å². The number of halogens is 1. The Morgan fingerprint density at radius 3 is 2.63 bits per heavy atom. The van der Waals surface area contributed by atoms with Crippen LogP contribution in [0.3, 0.4) is 0 Å². The molecule has 4 nitrogen and oxygen atoms in total. The molecule has 0 amide bonds. The highest BCUT2D eigenvalue weighted by Crippen LogP contribution is 2.20. The molecule has 1 aromatic carbocycles. The first kappa shape index (κ1) is 13.6. The highest BCUT2D eigenvalue weighted by molar-refractivity contribution is 6.30. The molecule has 1 aromatic heterocycles. The van der Waals surface area contributed by atoms with Gasteiger partial charge >= 0.3 is 5.97 Å². The summed E-state index contributed by atoms with van der Waals surface area (Å²) in [6.45, 7) is 0. The third-order valence-corrected chi connectivity index (χ3v) is 3.00. The van der Waals surface area contributed by atoms with E-state index in [4.69, 9.17) is 21.8 Å². The van der Waals surface area contributed by atoms with Crippen LogP contribution in [0, 0.1) is 0 Å². The lowest BCUT2D eigenvalue weighted by Gasteiger charge is -2.08. The van der Waals surface area contributed by atoms with Gasteiger partial charge in [-0.3, -0.25) is 0 Å². The number of hydrogen-bond acceptors (Lipinski definition) is 4. The van der Waals surface area contributed by atoms with Gasteiger partial charge in [0.05, 0.1) is 13.2 Å². The predicted octanol–water partition coefficient (Wildman–Crippen LogP) is 2.96. The van der Waals surface area contributed by atoms with Crippen LogP contribution in [0.2, 0.25) is 5.02 Å². The topological polar surface area (TPSA) is 65.5 Å². The van der Waals surface area contributed by atoms with E-state index in [1.807, 2.05) is 24.3 Å². The number of esters is 1. The van der Waals surface area contributed by atoms with Gasteiger partial charge < -0.3 is 14.9 Å². The first-order valence-corrected chi connectivity index (χ1v) is 6.16. The SMILES string of the molecule is COC(=O)c1ccc(C(N)Cc2ccc(Cl)cc2)o1. The van der Waals surface area contributed by atoms with Crippen molar-refractivity contribution >= 4 is 17.6 Å². The Balaban J connectivity index is 2.07. The van der Waals surface area contributed by atoms with Crippen LogP contribution in [-0.4, -0.2) is 13.1 Å². The average molecular weight is 280 g/mol. The molecule has 0 saturated heterocycles. The van der Waals surface area contributed by atoms with Gasteiger partial charge in [0, 0.05) is 5.02 Å². The number of carbonyl (C=O) groups excluding carboxylic acids is 1. The van der Waals surface area contributed by atoms with Gasteiger partial charge in [0.2, 0.25) is 5.76 Å². The van der Waals surface area contributed by atoms with Crippen molar-refractivity contribution < 1.29 is 13.9 Å². The van der Waals surface area contributed by atoms with E-state index in [-0.39, 0.29) is 11.8 Å². The number of benzene rings is 1. The van der Waals surface area contributed by atoms with Gasteiger partial charge in [-0.15, -0.1) is 0 Å². The van der Waals surface area contributed by atoms with E-state index in [1.54, 1.807) is 12.1 Å². The largest absolute Gasteiger partial charge is 0.463 e. The number of carbonyl (C=O) groups is 1. The van der Waals surface area contributed by atoms with Crippen molar-refractivity contribution in [2.45, 2.75) is 12.5 Å². The molecule has 0 aliphatic rings. The summed E-state index contributed by atoms with van der Waals surface area (Å²) in [5, 5.41) is 0.684. The maximum Gasteiger partial charge on any atom is 0.373 e. The molecule has 19 heavy (non-hydrogen) atoms. The lowest BCUT2D eigenvalue weighted by molar-refractivity contribution is 0.0562. The van der Waals surface area contributed by atoms with Crippen molar-refractivity contribution in [3.8, 4) is 0 Å². The van der Waals surface area contributed by atoms with E-state index in [1.165, 1.54) is 7.11 Å². The highest BCUT2D eigenvalue weighted by atomic mass is 35.5. The minimum atomic E-state index is -0.509. The van der Waals surface area contributed by atoms with Gasteiger partial charge in [0.1, 0.15) is 5.76 Å². The fraction of sp³-hybridized carbons (Fsp3) is 0.214. The van der Waals surface area contributed by atoms with Gasteiger partial charge in [-0.05, 0) is 36.2 Å². The van der Waals surface area contributed by atoms with Crippen molar-refractivity contribution in [2.24, 2.45) is 5.73 Å². The number of furan rings is 1. The molecule has 2 aromatic rings. The zero-order valence-electron chi connectivity index (χ0n) is 10.4. The van der Waals surface area contributed by atoms with Crippen LogP contribution in [-0.2, 0) is 11.2 Å². The standard InChI is InChI=1S/C14H14ClNO3/c1-18-14(17)13-7-6-12(19-13)11(16)8-9-2-4-10(15)5-3-9/h2-7,11H,8,16H2,1H3. The van der Waals surface area contributed by atoms with Gasteiger partial charge in [0.15, 0.2) is 0 Å². The van der Waals surface area contributed by atoms with Crippen LogP contribution in [0.15, 0.2) is 40.8 Å². The summed E-state index contributed by atoms with van der Waals surface area (Å²) in [6.07, 6.45) is 0.602. The third-order valence-electron chi connectivity index (χ3n) is 2.75. The molecule has 2 N–H and O–H groups in total. The molecule has 0 aliphatic carbocycles. The normalized spacial score (nSPS) is 12.2. The zero-order valence-corrected chi connectivity index (χ0v) is 11.2. The summed E-state index contributed by atoms with van der Waals surface area (Å²) >= 11 is 5.82. The Morgan fingerprint density at radius 1 is 1.32 bits per heavy atom. The Bertz CT molecular complexity index is 562. The molecule has 1 atom stereocenters. The number of ether oxygens (including phenoxy) is 1. The molecule has 0 saturated carbocycles. The lowest BCUT2D eigenvalue weighted by atomic mass is 10.1. The zero-order chi connectivity index (χ0) is 13.8. The summed E-state index contributed by atoms with van der Waals surface area (Å²) in [7, 11) is 1.30. The van der Waals surface area contributed by atoms with Gasteiger partial charge in [0.25, 0.3) is 0 Å². The van der Waals surface area contributed by atoms with Crippen LogP contribution in [0.4, 0.5) is 0 Å². The molecular formula is C14H14ClNO3. The van der Waals surface area contributed by atoms with Gasteiger partial charge in [-0.1, -0.05) is 23.7 Å². The van der Waals surface area contributed by atoms with Crippen molar-refractivity contribution in [2.75, 3.05) is 7.11 Å². The van der Waals surface area contributed by atoms with Crippen molar-refractivity contribution in [1.82, 2.24) is 0 Å². The molecule has 0 radical (unpaired) electrons. The fourth-order valence-electron chi connectivity index (χ4n) is 1.74. The minimum absolute atomic E-state index is 0.157. The molecule has 2 rings (SSSR count). The van der Waals surface area contributed by atoms with E-state index >= 15 is 0 Å². The maximum atomic E-state index is 11.3. The second-order valence-corrected chi connectivity index (χ2v) is 4.57. The van der Waals surface area contributed by atoms with Gasteiger partial charge in [-0.25, -0.2) is 4.79 Å². The maximum absolute atomic E-state index is 11.3. The summed E-state index contributed by atoms with van der Waals surface area (Å²) < 4.78 is 9.94. The Hall–Kier alpha value is -1.78. The van der Waals surface area contributed by atoms with Crippen LogP contribution in [0.1, 0.15) is 27.9 Å². The molecule has 0 aliphatic heterocycles. The molecule has 0 spiro atoms.